The molecule has 88 valence electrons. The topological polar surface area (TPSA) is 65.1 Å². The molecule has 0 saturated heterocycles. The number of methoxy groups -OCH3 is 1. The number of aryl methyl sites for hydroxylation is 2. The SMILES string of the molecule is C#CCNC(CN)c1c(C)nn(C)c1OC. The maximum absolute atomic E-state index is 5.72. The Morgan fingerprint density at radius 3 is 2.88 bits per heavy atom. The Morgan fingerprint density at radius 2 is 2.38 bits per heavy atom. The van der Waals surface area contributed by atoms with Gasteiger partial charge in [-0.2, -0.15) is 5.10 Å². The van der Waals surface area contributed by atoms with Gasteiger partial charge in [-0.15, -0.1) is 6.42 Å². The summed E-state index contributed by atoms with van der Waals surface area (Å²) in [6, 6.07) is -0.0281. The predicted octanol–water partition coefficient (Wildman–Crippen LogP) is -0.0403. The van der Waals surface area contributed by atoms with Gasteiger partial charge >= 0.3 is 0 Å². The van der Waals surface area contributed by atoms with Crippen LogP contribution in [0.4, 0.5) is 0 Å². The van der Waals surface area contributed by atoms with Gasteiger partial charge in [0.2, 0.25) is 5.88 Å². The zero-order chi connectivity index (χ0) is 12.1. The van der Waals surface area contributed by atoms with E-state index in [9.17, 15) is 0 Å². The molecular weight excluding hydrogens is 204 g/mol. The van der Waals surface area contributed by atoms with E-state index in [2.05, 4.69) is 16.3 Å². The highest BCUT2D eigenvalue weighted by Crippen LogP contribution is 2.27. The van der Waals surface area contributed by atoms with E-state index in [1.807, 2.05) is 14.0 Å². The van der Waals surface area contributed by atoms with Crippen LogP contribution < -0.4 is 15.8 Å². The van der Waals surface area contributed by atoms with Crippen molar-refractivity contribution in [2.75, 3.05) is 20.2 Å². The first-order valence-corrected chi connectivity index (χ1v) is 5.10. The second-order valence-electron chi connectivity index (χ2n) is 3.51. The molecule has 1 unspecified atom stereocenters. The monoisotopic (exact) mass is 222 g/mol. The molecule has 0 saturated carbocycles. The number of terminal acetylenes is 1. The van der Waals surface area contributed by atoms with Crippen LogP contribution in [0, 0.1) is 19.3 Å². The maximum atomic E-state index is 5.72. The van der Waals surface area contributed by atoms with Gasteiger partial charge in [0.1, 0.15) is 0 Å². The van der Waals surface area contributed by atoms with Crippen LogP contribution in [0.1, 0.15) is 17.3 Å². The first kappa shape index (κ1) is 12.6. The van der Waals surface area contributed by atoms with Crippen LogP contribution in [0.15, 0.2) is 0 Å². The van der Waals surface area contributed by atoms with Crippen molar-refractivity contribution in [3.8, 4) is 18.2 Å². The maximum Gasteiger partial charge on any atom is 0.216 e. The first-order chi connectivity index (χ1) is 7.65. The third kappa shape index (κ3) is 2.35. The standard InChI is InChI=1S/C11H18N4O/c1-5-6-13-9(7-12)10-8(2)14-15(3)11(10)16-4/h1,9,13H,6-7,12H2,2-4H3. The molecule has 16 heavy (non-hydrogen) atoms. The number of nitrogens with two attached hydrogens (primary N) is 1. The zero-order valence-corrected chi connectivity index (χ0v) is 9.95. The van der Waals surface area contributed by atoms with Gasteiger partial charge in [0.15, 0.2) is 0 Å². The van der Waals surface area contributed by atoms with Crippen LogP contribution in [0.5, 0.6) is 5.88 Å². The molecule has 0 aromatic carbocycles. The van der Waals surface area contributed by atoms with Crippen molar-refractivity contribution < 1.29 is 4.74 Å². The average Bonchev–Trinajstić information content (AvgIpc) is 2.55. The van der Waals surface area contributed by atoms with Crippen molar-refractivity contribution in [3.05, 3.63) is 11.3 Å². The number of hydrogen-bond acceptors (Lipinski definition) is 4. The third-order valence-electron chi connectivity index (χ3n) is 2.44. The predicted molar refractivity (Wildman–Crippen MR) is 63.1 cm³/mol. The molecule has 1 heterocycles. The fourth-order valence-electron chi connectivity index (χ4n) is 1.78. The Hall–Kier alpha value is -1.51. The van der Waals surface area contributed by atoms with Crippen LogP contribution >= 0.6 is 0 Å². The molecule has 1 rings (SSSR count). The Balaban J connectivity index is 3.04. The molecule has 1 atom stereocenters. The van der Waals surface area contributed by atoms with Crippen LogP contribution in [-0.2, 0) is 7.05 Å². The first-order valence-electron chi connectivity index (χ1n) is 5.10. The van der Waals surface area contributed by atoms with Crippen LogP contribution in [-0.4, -0.2) is 30.0 Å². The molecule has 0 radical (unpaired) electrons. The normalized spacial score (nSPS) is 12.2. The van der Waals surface area contributed by atoms with Gasteiger partial charge < -0.3 is 10.5 Å². The summed E-state index contributed by atoms with van der Waals surface area (Å²) >= 11 is 0. The summed E-state index contributed by atoms with van der Waals surface area (Å²) in [5.74, 6) is 3.25. The lowest BCUT2D eigenvalue weighted by molar-refractivity contribution is 0.363. The van der Waals surface area contributed by atoms with Gasteiger partial charge in [0.05, 0.1) is 31.0 Å². The summed E-state index contributed by atoms with van der Waals surface area (Å²) in [6.07, 6.45) is 5.22. The lowest BCUT2D eigenvalue weighted by Gasteiger charge is -2.16. The molecule has 0 aliphatic carbocycles. The Labute approximate surface area is 96.0 Å². The minimum atomic E-state index is -0.0281. The molecule has 0 spiro atoms. The summed E-state index contributed by atoms with van der Waals surface area (Å²) in [4.78, 5) is 0. The fraction of sp³-hybridized carbons (Fsp3) is 0.545. The summed E-state index contributed by atoms with van der Waals surface area (Å²) < 4.78 is 7.01. The molecule has 0 amide bonds. The van der Waals surface area contributed by atoms with Gasteiger partial charge in [0, 0.05) is 13.6 Å². The van der Waals surface area contributed by atoms with E-state index in [4.69, 9.17) is 16.9 Å². The quantitative estimate of drug-likeness (QED) is 0.686. The summed E-state index contributed by atoms with van der Waals surface area (Å²) in [5.41, 5.74) is 7.60. The van der Waals surface area contributed by atoms with Crippen LogP contribution in [0.3, 0.4) is 0 Å². The largest absolute Gasteiger partial charge is 0.481 e. The Morgan fingerprint density at radius 1 is 1.69 bits per heavy atom. The number of aromatic nitrogens is 2. The van der Waals surface area contributed by atoms with Crippen LogP contribution in [0.25, 0.3) is 0 Å². The molecule has 0 aliphatic rings. The molecule has 0 bridgehead atoms. The highest BCUT2D eigenvalue weighted by Gasteiger charge is 2.21. The second-order valence-corrected chi connectivity index (χ2v) is 3.51. The summed E-state index contributed by atoms with van der Waals surface area (Å²) in [6.45, 7) is 2.85. The third-order valence-corrected chi connectivity index (χ3v) is 2.44. The smallest absolute Gasteiger partial charge is 0.216 e. The van der Waals surface area contributed by atoms with E-state index in [1.165, 1.54) is 0 Å². The van der Waals surface area contributed by atoms with Crippen molar-refractivity contribution in [3.63, 3.8) is 0 Å². The highest BCUT2D eigenvalue weighted by atomic mass is 16.5. The van der Waals surface area contributed by atoms with Gasteiger partial charge in [0.25, 0.3) is 0 Å². The van der Waals surface area contributed by atoms with E-state index in [1.54, 1.807) is 11.8 Å². The summed E-state index contributed by atoms with van der Waals surface area (Å²) in [5, 5.41) is 7.47. The van der Waals surface area contributed by atoms with Gasteiger partial charge in [-0.3, -0.25) is 5.32 Å². The molecule has 1 aromatic rings. The number of rotatable bonds is 5. The number of nitrogens with one attached hydrogen (secondary N) is 1. The van der Waals surface area contributed by atoms with E-state index in [-0.39, 0.29) is 6.04 Å². The number of nitrogens with zero attached hydrogens (tertiary/aromatic N) is 2. The van der Waals surface area contributed by atoms with Gasteiger partial charge in [-0.25, -0.2) is 4.68 Å². The minimum Gasteiger partial charge on any atom is -0.481 e. The molecule has 1 aromatic heterocycles. The van der Waals surface area contributed by atoms with E-state index in [0.717, 1.165) is 17.1 Å². The Kier molecular flexibility index (Phi) is 4.35. The van der Waals surface area contributed by atoms with E-state index < -0.39 is 0 Å². The highest BCUT2D eigenvalue weighted by molar-refractivity contribution is 5.34. The average molecular weight is 222 g/mol. The van der Waals surface area contributed by atoms with Crippen molar-refractivity contribution in [2.24, 2.45) is 12.8 Å². The second kappa shape index (κ2) is 5.54. The molecule has 5 nitrogen and oxygen atoms in total. The minimum absolute atomic E-state index is 0.0281. The molecule has 0 fully saturated rings. The van der Waals surface area contributed by atoms with E-state index in [0.29, 0.717) is 13.1 Å². The molecular formula is C11H18N4O. The number of ether oxygens (including phenoxy) is 1. The molecule has 5 heteroatoms. The lowest BCUT2D eigenvalue weighted by atomic mass is 10.1. The van der Waals surface area contributed by atoms with Crippen molar-refractivity contribution in [2.45, 2.75) is 13.0 Å². The van der Waals surface area contributed by atoms with Crippen LogP contribution in [0.2, 0.25) is 0 Å². The molecule has 0 aliphatic heterocycles. The van der Waals surface area contributed by atoms with E-state index >= 15 is 0 Å². The fourth-order valence-corrected chi connectivity index (χ4v) is 1.78. The van der Waals surface area contributed by atoms with Crippen molar-refractivity contribution in [1.29, 1.82) is 0 Å². The molecule has 3 N–H and O–H groups in total. The lowest BCUT2D eigenvalue weighted by Crippen LogP contribution is -2.29. The number of hydrogen-bond donors (Lipinski definition) is 2. The van der Waals surface area contributed by atoms with Gasteiger partial charge in [-0.05, 0) is 6.92 Å². The van der Waals surface area contributed by atoms with Gasteiger partial charge in [-0.1, -0.05) is 5.92 Å². The summed E-state index contributed by atoms with van der Waals surface area (Å²) in [7, 11) is 3.46. The zero-order valence-electron chi connectivity index (χ0n) is 9.95. The van der Waals surface area contributed by atoms with Crippen molar-refractivity contribution >= 4 is 0 Å². The Bertz CT molecular complexity index is 391. The van der Waals surface area contributed by atoms with Crippen molar-refractivity contribution in [1.82, 2.24) is 15.1 Å².